The van der Waals surface area contributed by atoms with E-state index in [0.717, 1.165) is 0 Å². The van der Waals surface area contributed by atoms with Crippen molar-refractivity contribution < 1.29 is 23.9 Å². The number of esters is 2. The maximum atomic E-state index is 11.7. The van der Waals surface area contributed by atoms with E-state index in [1.165, 1.54) is 0 Å². The molecule has 0 amide bonds. The third-order valence-electron chi connectivity index (χ3n) is 3.55. The zero-order valence-electron chi connectivity index (χ0n) is 11.9. The SMILES string of the molecule is CCC(C)(C)C(=O)OCC(=O)OC1CCC(=O)CC1. The molecule has 0 heterocycles. The summed E-state index contributed by atoms with van der Waals surface area (Å²) in [5, 5.41) is 0. The molecule has 0 radical (unpaired) electrons. The van der Waals surface area contributed by atoms with Gasteiger partial charge in [-0.1, -0.05) is 6.92 Å². The maximum absolute atomic E-state index is 11.7. The summed E-state index contributed by atoms with van der Waals surface area (Å²) in [7, 11) is 0. The molecular formula is C14H22O5. The van der Waals surface area contributed by atoms with E-state index in [1.54, 1.807) is 13.8 Å². The van der Waals surface area contributed by atoms with Gasteiger partial charge in [0, 0.05) is 12.8 Å². The van der Waals surface area contributed by atoms with Gasteiger partial charge in [0.05, 0.1) is 5.41 Å². The van der Waals surface area contributed by atoms with Gasteiger partial charge in [-0.15, -0.1) is 0 Å². The van der Waals surface area contributed by atoms with E-state index < -0.39 is 17.4 Å². The molecule has 0 aromatic rings. The number of hydrogen-bond acceptors (Lipinski definition) is 5. The van der Waals surface area contributed by atoms with Gasteiger partial charge in [-0.2, -0.15) is 0 Å². The van der Waals surface area contributed by atoms with Crippen molar-refractivity contribution in [1.82, 2.24) is 0 Å². The summed E-state index contributed by atoms with van der Waals surface area (Å²) >= 11 is 0. The minimum absolute atomic E-state index is 0.212. The molecule has 0 spiro atoms. The van der Waals surface area contributed by atoms with Crippen LogP contribution in [0, 0.1) is 5.41 Å². The first-order valence-electron chi connectivity index (χ1n) is 6.73. The summed E-state index contributed by atoms with van der Waals surface area (Å²) in [4.78, 5) is 34.2. The molecule has 0 aromatic heterocycles. The van der Waals surface area contributed by atoms with Crippen LogP contribution in [0.3, 0.4) is 0 Å². The zero-order valence-corrected chi connectivity index (χ0v) is 11.9. The van der Waals surface area contributed by atoms with Crippen LogP contribution < -0.4 is 0 Å². The molecule has 1 aliphatic carbocycles. The van der Waals surface area contributed by atoms with E-state index in [2.05, 4.69) is 0 Å². The number of ether oxygens (including phenoxy) is 2. The summed E-state index contributed by atoms with van der Waals surface area (Å²) < 4.78 is 10.1. The van der Waals surface area contributed by atoms with Crippen molar-refractivity contribution in [2.75, 3.05) is 6.61 Å². The van der Waals surface area contributed by atoms with Gasteiger partial charge in [-0.3, -0.25) is 9.59 Å². The minimum Gasteiger partial charge on any atom is -0.460 e. The molecule has 0 N–H and O–H groups in total. The first-order valence-corrected chi connectivity index (χ1v) is 6.73. The van der Waals surface area contributed by atoms with E-state index in [1.807, 2.05) is 6.92 Å². The number of ketones is 1. The highest BCUT2D eigenvalue weighted by molar-refractivity contribution is 5.80. The number of carbonyl (C=O) groups is 3. The highest BCUT2D eigenvalue weighted by Gasteiger charge is 2.28. The Kier molecular flexibility index (Phi) is 5.51. The van der Waals surface area contributed by atoms with Crippen molar-refractivity contribution >= 4 is 17.7 Å². The topological polar surface area (TPSA) is 69.7 Å². The van der Waals surface area contributed by atoms with Gasteiger partial charge >= 0.3 is 11.9 Å². The molecule has 5 nitrogen and oxygen atoms in total. The maximum Gasteiger partial charge on any atom is 0.344 e. The second-order valence-corrected chi connectivity index (χ2v) is 5.54. The van der Waals surface area contributed by atoms with Gasteiger partial charge in [0.1, 0.15) is 11.9 Å². The molecule has 5 heteroatoms. The van der Waals surface area contributed by atoms with Crippen molar-refractivity contribution in [1.29, 1.82) is 0 Å². The second kappa shape index (κ2) is 6.68. The van der Waals surface area contributed by atoms with Crippen LogP contribution in [0.15, 0.2) is 0 Å². The van der Waals surface area contributed by atoms with Crippen LogP contribution in [-0.2, 0) is 23.9 Å². The van der Waals surface area contributed by atoms with Crippen molar-refractivity contribution in [2.45, 2.75) is 59.0 Å². The van der Waals surface area contributed by atoms with E-state index in [-0.39, 0.29) is 18.5 Å². The largest absolute Gasteiger partial charge is 0.460 e. The quantitative estimate of drug-likeness (QED) is 0.715. The lowest BCUT2D eigenvalue weighted by atomic mass is 9.91. The third kappa shape index (κ3) is 5.01. The van der Waals surface area contributed by atoms with Gasteiger partial charge in [0.15, 0.2) is 6.61 Å². The molecule has 1 rings (SSSR count). The van der Waals surface area contributed by atoms with E-state index in [9.17, 15) is 14.4 Å². The van der Waals surface area contributed by atoms with E-state index >= 15 is 0 Å². The fourth-order valence-electron chi connectivity index (χ4n) is 1.72. The average molecular weight is 270 g/mol. The Morgan fingerprint density at radius 2 is 1.84 bits per heavy atom. The van der Waals surface area contributed by atoms with Crippen molar-refractivity contribution in [3.8, 4) is 0 Å². The average Bonchev–Trinajstić information content (AvgIpc) is 2.38. The minimum atomic E-state index is -0.586. The third-order valence-corrected chi connectivity index (χ3v) is 3.55. The molecule has 1 saturated carbocycles. The van der Waals surface area contributed by atoms with Crippen LogP contribution in [0.5, 0.6) is 0 Å². The number of hydrogen-bond donors (Lipinski definition) is 0. The summed E-state index contributed by atoms with van der Waals surface area (Å²) in [6.07, 6.45) is 2.48. The standard InChI is InChI=1S/C14H22O5/c1-4-14(2,3)13(17)18-9-12(16)19-11-7-5-10(15)6-8-11/h11H,4-9H2,1-3H3. The lowest BCUT2D eigenvalue weighted by Crippen LogP contribution is -2.30. The summed E-state index contributed by atoms with van der Waals surface area (Å²) in [5.74, 6) is -0.728. The highest BCUT2D eigenvalue weighted by Crippen LogP contribution is 2.22. The highest BCUT2D eigenvalue weighted by atomic mass is 16.6. The van der Waals surface area contributed by atoms with Crippen LogP contribution in [0.1, 0.15) is 52.9 Å². The summed E-state index contributed by atoms with van der Waals surface area (Å²) in [5.41, 5.74) is -0.586. The molecule has 1 fully saturated rings. The Morgan fingerprint density at radius 1 is 1.26 bits per heavy atom. The molecule has 0 aliphatic heterocycles. The van der Waals surface area contributed by atoms with Gasteiger partial charge < -0.3 is 9.47 Å². The molecule has 19 heavy (non-hydrogen) atoms. The number of Topliss-reactive ketones (excluding diaryl/α,β-unsaturated/α-hetero) is 1. The normalized spacial score (nSPS) is 17.1. The first-order chi connectivity index (χ1) is 8.85. The molecule has 0 atom stereocenters. The summed E-state index contributed by atoms with van der Waals surface area (Å²) in [6.45, 7) is 5.08. The van der Waals surface area contributed by atoms with E-state index in [4.69, 9.17) is 9.47 Å². The fraction of sp³-hybridized carbons (Fsp3) is 0.786. The second-order valence-electron chi connectivity index (χ2n) is 5.54. The molecule has 0 saturated heterocycles. The lowest BCUT2D eigenvalue weighted by Gasteiger charge is -2.22. The Bertz CT molecular complexity index is 349. The van der Waals surface area contributed by atoms with Crippen LogP contribution in [0.25, 0.3) is 0 Å². The van der Waals surface area contributed by atoms with Gasteiger partial charge in [0.25, 0.3) is 0 Å². The number of carbonyl (C=O) groups excluding carboxylic acids is 3. The van der Waals surface area contributed by atoms with Crippen LogP contribution in [-0.4, -0.2) is 30.4 Å². The molecule has 0 unspecified atom stereocenters. The zero-order chi connectivity index (χ0) is 14.5. The van der Waals surface area contributed by atoms with Crippen LogP contribution in [0.2, 0.25) is 0 Å². The van der Waals surface area contributed by atoms with Crippen LogP contribution >= 0.6 is 0 Å². The van der Waals surface area contributed by atoms with Gasteiger partial charge in [-0.05, 0) is 33.1 Å². The predicted octanol–water partition coefficient (Wildman–Crippen LogP) is 2.02. The molecule has 0 aromatic carbocycles. The number of rotatable bonds is 5. The van der Waals surface area contributed by atoms with Gasteiger partial charge in [0.2, 0.25) is 0 Å². The monoisotopic (exact) mass is 270 g/mol. The lowest BCUT2D eigenvalue weighted by molar-refractivity contribution is -0.168. The Labute approximate surface area is 113 Å². The Hall–Kier alpha value is -1.39. The first kappa shape index (κ1) is 15.7. The smallest absolute Gasteiger partial charge is 0.344 e. The van der Waals surface area contributed by atoms with Gasteiger partial charge in [-0.25, -0.2) is 4.79 Å². The Balaban J connectivity index is 2.28. The molecule has 108 valence electrons. The van der Waals surface area contributed by atoms with Crippen molar-refractivity contribution in [3.63, 3.8) is 0 Å². The Morgan fingerprint density at radius 3 is 2.37 bits per heavy atom. The van der Waals surface area contributed by atoms with Crippen molar-refractivity contribution in [2.24, 2.45) is 5.41 Å². The summed E-state index contributed by atoms with van der Waals surface area (Å²) in [6, 6.07) is 0. The van der Waals surface area contributed by atoms with Crippen LogP contribution in [0.4, 0.5) is 0 Å². The molecule has 0 bridgehead atoms. The van der Waals surface area contributed by atoms with E-state index in [0.29, 0.717) is 32.1 Å². The van der Waals surface area contributed by atoms with Crippen molar-refractivity contribution in [3.05, 3.63) is 0 Å². The fourth-order valence-corrected chi connectivity index (χ4v) is 1.72. The molecular weight excluding hydrogens is 248 g/mol. The molecule has 1 aliphatic rings. The predicted molar refractivity (Wildman–Crippen MR) is 68.4 cm³/mol.